The molecule has 1 aromatic carbocycles. The van der Waals surface area contributed by atoms with Crippen molar-refractivity contribution in [2.24, 2.45) is 0 Å². The van der Waals surface area contributed by atoms with Crippen molar-refractivity contribution >= 4 is 29.3 Å². The number of likely N-dealkylation sites (tertiary alicyclic amines) is 1. The monoisotopic (exact) mass is 354 g/mol. The first-order valence-corrected chi connectivity index (χ1v) is 8.19. The van der Waals surface area contributed by atoms with E-state index < -0.39 is 23.8 Å². The van der Waals surface area contributed by atoms with E-state index in [2.05, 4.69) is 5.32 Å². The van der Waals surface area contributed by atoms with Crippen LogP contribution in [0.3, 0.4) is 0 Å². The minimum atomic E-state index is -0.784. The summed E-state index contributed by atoms with van der Waals surface area (Å²) < 4.78 is 5.32. The Morgan fingerprint density at radius 1 is 1.38 bits per heavy atom. The molecule has 0 aromatic heterocycles. The van der Waals surface area contributed by atoms with Crippen molar-refractivity contribution in [1.82, 2.24) is 4.90 Å². The Kier molecular flexibility index (Phi) is 5.40. The SMILES string of the molecule is Cc1ccc(Cl)cc1NC(=O)[C@@H]1C[C@@H](O)CN1C(=O)OC(C)(C)C. The molecule has 0 spiro atoms. The van der Waals surface area contributed by atoms with E-state index in [9.17, 15) is 14.7 Å². The molecule has 2 atom stereocenters. The molecule has 1 saturated heterocycles. The molecule has 1 aromatic rings. The molecular weight excluding hydrogens is 332 g/mol. The van der Waals surface area contributed by atoms with E-state index in [1.54, 1.807) is 39.0 Å². The maximum Gasteiger partial charge on any atom is 0.411 e. The first-order chi connectivity index (χ1) is 11.1. The van der Waals surface area contributed by atoms with Gasteiger partial charge in [0.1, 0.15) is 11.6 Å². The minimum Gasteiger partial charge on any atom is -0.444 e. The van der Waals surface area contributed by atoms with Crippen molar-refractivity contribution in [3.05, 3.63) is 28.8 Å². The number of carbonyl (C=O) groups excluding carboxylic acids is 2. The minimum absolute atomic E-state index is 0.0710. The van der Waals surface area contributed by atoms with Crippen LogP contribution >= 0.6 is 11.6 Å². The Morgan fingerprint density at radius 2 is 2.04 bits per heavy atom. The van der Waals surface area contributed by atoms with Gasteiger partial charge >= 0.3 is 6.09 Å². The second-order valence-electron chi connectivity index (χ2n) is 6.99. The first kappa shape index (κ1) is 18.5. The van der Waals surface area contributed by atoms with Crippen molar-refractivity contribution in [1.29, 1.82) is 0 Å². The molecule has 2 N–H and O–H groups in total. The third kappa shape index (κ3) is 4.61. The van der Waals surface area contributed by atoms with E-state index in [-0.39, 0.29) is 18.9 Å². The summed E-state index contributed by atoms with van der Waals surface area (Å²) in [5.74, 6) is -0.372. The van der Waals surface area contributed by atoms with Crippen molar-refractivity contribution < 1.29 is 19.4 Å². The Labute approximate surface area is 146 Å². The van der Waals surface area contributed by atoms with Crippen molar-refractivity contribution in [3.8, 4) is 0 Å². The van der Waals surface area contributed by atoms with Gasteiger partial charge in [-0.05, 0) is 45.4 Å². The summed E-state index contributed by atoms with van der Waals surface area (Å²) in [6.45, 7) is 7.17. The maximum atomic E-state index is 12.6. The molecule has 0 aliphatic carbocycles. The van der Waals surface area contributed by atoms with Crippen LogP contribution in [0.15, 0.2) is 18.2 Å². The molecule has 0 unspecified atom stereocenters. The number of hydrogen-bond acceptors (Lipinski definition) is 4. The van der Waals surface area contributed by atoms with Gasteiger partial charge in [0.2, 0.25) is 5.91 Å². The highest BCUT2D eigenvalue weighted by Gasteiger charge is 2.41. The molecule has 1 fully saturated rings. The van der Waals surface area contributed by atoms with Crippen LogP contribution in [0.25, 0.3) is 0 Å². The van der Waals surface area contributed by atoms with Gasteiger partial charge in [0.25, 0.3) is 0 Å². The van der Waals surface area contributed by atoms with Gasteiger partial charge in [-0.25, -0.2) is 4.79 Å². The number of aryl methyl sites for hydroxylation is 1. The highest BCUT2D eigenvalue weighted by molar-refractivity contribution is 6.31. The molecule has 6 nitrogen and oxygen atoms in total. The van der Waals surface area contributed by atoms with Crippen molar-refractivity contribution in [3.63, 3.8) is 0 Å². The zero-order chi connectivity index (χ0) is 18.1. The number of carbonyl (C=O) groups is 2. The molecule has 1 heterocycles. The van der Waals surface area contributed by atoms with Crippen LogP contribution in [0, 0.1) is 6.92 Å². The van der Waals surface area contributed by atoms with Crippen LogP contribution < -0.4 is 5.32 Å². The highest BCUT2D eigenvalue weighted by Crippen LogP contribution is 2.25. The maximum absolute atomic E-state index is 12.6. The summed E-state index contributed by atoms with van der Waals surface area (Å²) in [5, 5.41) is 13.2. The summed E-state index contributed by atoms with van der Waals surface area (Å²) in [6, 6.07) is 4.40. The van der Waals surface area contributed by atoms with Crippen LogP contribution in [0.4, 0.5) is 10.5 Å². The number of aliphatic hydroxyl groups excluding tert-OH is 1. The van der Waals surface area contributed by atoms with Gasteiger partial charge in [0.05, 0.1) is 12.6 Å². The molecule has 2 amide bonds. The number of nitrogens with one attached hydrogen (secondary N) is 1. The quantitative estimate of drug-likeness (QED) is 0.855. The number of aliphatic hydroxyl groups is 1. The van der Waals surface area contributed by atoms with E-state index in [1.807, 2.05) is 6.92 Å². The Morgan fingerprint density at radius 3 is 2.67 bits per heavy atom. The Bertz CT molecular complexity index is 642. The van der Waals surface area contributed by atoms with Crippen molar-refractivity contribution in [2.75, 3.05) is 11.9 Å². The lowest BCUT2D eigenvalue weighted by molar-refractivity contribution is -0.120. The molecule has 1 aliphatic heterocycles. The zero-order valence-corrected chi connectivity index (χ0v) is 15.1. The fourth-order valence-corrected chi connectivity index (χ4v) is 2.70. The summed E-state index contributed by atoms with van der Waals surface area (Å²) in [4.78, 5) is 26.1. The summed E-state index contributed by atoms with van der Waals surface area (Å²) in [6.07, 6.45) is -1.19. The summed E-state index contributed by atoms with van der Waals surface area (Å²) in [7, 11) is 0. The predicted octanol–water partition coefficient (Wildman–Crippen LogP) is 2.96. The van der Waals surface area contributed by atoms with E-state index in [0.29, 0.717) is 10.7 Å². The molecule has 1 aliphatic rings. The molecule has 2 rings (SSSR count). The van der Waals surface area contributed by atoms with Gasteiger partial charge in [-0.3, -0.25) is 9.69 Å². The van der Waals surface area contributed by atoms with E-state index in [4.69, 9.17) is 16.3 Å². The lowest BCUT2D eigenvalue weighted by Crippen LogP contribution is -2.45. The van der Waals surface area contributed by atoms with Crippen LogP contribution in [0.5, 0.6) is 0 Å². The standard InChI is InChI=1S/C17H23ClN2O4/c1-10-5-6-11(18)7-13(10)19-15(22)14-8-12(21)9-20(14)16(23)24-17(2,3)4/h5-7,12,14,21H,8-9H2,1-4H3,(H,19,22)/t12-,14+/m1/s1. The third-order valence-electron chi connectivity index (χ3n) is 3.67. The average Bonchev–Trinajstić information content (AvgIpc) is 2.83. The van der Waals surface area contributed by atoms with Crippen LogP contribution in [-0.4, -0.2) is 46.3 Å². The second-order valence-corrected chi connectivity index (χ2v) is 7.42. The van der Waals surface area contributed by atoms with Gasteiger partial charge in [0, 0.05) is 17.1 Å². The van der Waals surface area contributed by atoms with E-state index in [0.717, 1.165) is 5.56 Å². The number of ether oxygens (including phenoxy) is 1. The molecule has 0 radical (unpaired) electrons. The Balaban J connectivity index is 2.14. The number of amides is 2. The molecule has 7 heteroatoms. The number of nitrogens with zero attached hydrogens (tertiary/aromatic N) is 1. The van der Waals surface area contributed by atoms with Crippen LogP contribution in [0.2, 0.25) is 5.02 Å². The fourth-order valence-electron chi connectivity index (χ4n) is 2.53. The average molecular weight is 355 g/mol. The molecular formula is C17H23ClN2O4. The molecule has 0 saturated carbocycles. The molecule has 132 valence electrons. The second kappa shape index (κ2) is 6.99. The van der Waals surface area contributed by atoms with Gasteiger partial charge < -0.3 is 15.2 Å². The van der Waals surface area contributed by atoms with E-state index >= 15 is 0 Å². The normalized spacial score (nSPS) is 20.8. The summed E-state index contributed by atoms with van der Waals surface area (Å²) in [5.41, 5.74) is 0.767. The topological polar surface area (TPSA) is 78.9 Å². The third-order valence-corrected chi connectivity index (χ3v) is 3.90. The van der Waals surface area contributed by atoms with Gasteiger partial charge in [0.15, 0.2) is 0 Å². The largest absolute Gasteiger partial charge is 0.444 e. The van der Waals surface area contributed by atoms with Gasteiger partial charge in [-0.1, -0.05) is 17.7 Å². The lowest BCUT2D eigenvalue weighted by atomic mass is 10.1. The zero-order valence-electron chi connectivity index (χ0n) is 14.3. The number of benzene rings is 1. The molecule has 0 bridgehead atoms. The lowest BCUT2D eigenvalue weighted by Gasteiger charge is -2.28. The number of anilines is 1. The number of halogens is 1. The number of β-amino-alcohol motifs (C(OH)–C–C–N with tert-alkyl or cyclic N) is 1. The van der Waals surface area contributed by atoms with Crippen LogP contribution in [0.1, 0.15) is 32.8 Å². The highest BCUT2D eigenvalue weighted by atomic mass is 35.5. The Hall–Kier alpha value is -1.79. The summed E-state index contributed by atoms with van der Waals surface area (Å²) >= 11 is 5.96. The van der Waals surface area contributed by atoms with Gasteiger partial charge in [-0.15, -0.1) is 0 Å². The smallest absolute Gasteiger partial charge is 0.411 e. The molecule has 24 heavy (non-hydrogen) atoms. The first-order valence-electron chi connectivity index (χ1n) is 7.81. The predicted molar refractivity (Wildman–Crippen MR) is 92.2 cm³/mol. The van der Waals surface area contributed by atoms with E-state index in [1.165, 1.54) is 4.90 Å². The van der Waals surface area contributed by atoms with Crippen molar-refractivity contribution in [2.45, 2.75) is 51.9 Å². The van der Waals surface area contributed by atoms with Gasteiger partial charge in [-0.2, -0.15) is 0 Å². The number of hydrogen-bond donors (Lipinski definition) is 2. The van der Waals surface area contributed by atoms with Crippen LogP contribution in [-0.2, 0) is 9.53 Å². The fraction of sp³-hybridized carbons (Fsp3) is 0.529. The number of rotatable bonds is 2.